The maximum absolute atomic E-state index is 14.2. The van der Waals surface area contributed by atoms with Crippen molar-refractivity contribution < 1.29 is 22.4 Å². The largest absolute Gasteiger partial charge is 0.421 e. The Balaban J connectivity index is 1.60. The minimum atomic E-state index is -5.03. The van der Waals surface area contributed by atoms with Crippen LogP contribution >= 0.6 is 0 Å². The van der Waals surface area contributed by atoms with E-state index in [1.807, 2.05) is 31.7 Å². The molecule has 2 aromatic heterocycles. The van der Waals surface area contributed by atoms with Gasteiger partial charge in [-0.15, -0.1) is 0 Å². The van der Waals surface area contributed by atoms with Crippen LogP contribution in [-0.2, 0) is 11.7 Å². The van der Waals surface area contributed by atoms with Crippen LogP contribution in [0.3, 0.4) is 0 Å². The molecule has 11 heteroatoms. The molecule has 0 spiro atoms. The smallest absolute Gasteiger partial charge is 0.338 e. The number of hydrogen-bond acceptors (Lipinski definition) is 4. The number of hydrogen-bond donors (Lipinski definition) is 2. The van der Waals surface area contributed by atoms with E-state index in [1.165, 1.54) is 30.5 Å². The number of likely N-dealkylation sites (tertiary alicyclic amines) is 1. The molecule has 198 valence electrons. The molecule has 4 aromatic rings. The van der Waals surface area contributed by atoms with Crippen molar-refractivity contribution in [3.05, 3.63) is 92.8 Å². The first-order valence-corrected chi connectivity index (χ1v) is 12.0. The van der Waals surface area contributed by atoms with E-state index in [1.54, 1.807) is 12.1 Å². The van der Waals surface area contributed by atoms with E-state index in [0.29, 0.717) is 30.8 Å². The molecule has 1 saturated heterocycles. The first kappa shape index (κ1) is 25.7. The number of rotatable bonds is 5. The maximum atomic E-state index is 14.2. The summed E-state index contributed by atoms with van der Waals surface area (Å²) >= 11 is 0. The van der Waals surface area contributed by atoms with Crippen LogP contribution in [0.1, 0.15) is 39.7 Å². The summed E-state index contributed by atoms with van der Waals surface area (Å²) in [7, 11) is 0. The molecule has 0 saturated carbocycles. The average Bonchev–Trinajstić information content (AvgIpc) is 3.24. The van der Waals surface area contributed by atoms with Crippen molar-refractivity contribution in [1.82, 2.24) is 24.8 Å². The lowest BCUT2D eigenvalue weighted by Crippen LogP contribution is -2.67. The number of nitrogens with zero attached hydrogens (tertiary/aromatic N) is 3. The van der Waals surface area contributed by atoms with Crippen molar-refractivity contribution >= 4 is 11.4 Å². The number of alkyl halides is 3. The standard InChI is InChI=1S/C27H25F4N5O2/c1-4-35-13-26(14-35,18-7-9-19(28)10-8-18)33-24(37)22-21(27(29,30)31)23-25(38)32-20(12-36(23)34-22)17-6-5-15(2)16(3)11-17/h5-12H,4,13-14H2,1-3H3,(H,32,38)(H,33,37). The molecule has 1 aliphatic rings. The SMILES string of the molecule is CCN1CC(NC(=O)c2nn3cc(-c4ccc(C)c(C)c4)[nH]c(=O)c3c2C(F)(F)F)(c2ccc(F)cc2)C1. The molecule has 0 bridgehead atoms. The number of likely N-dealkylation sites (N-methyl/N-ethyl adjacent to an activating group) is 1. The lowest BCUT2D eigenvalue weighted by atomic mass is 9.82. The van der Waals surface area contributed by atoms with Gasteiger partial charge in [0, 0.05) is 13.1 Å². The van der Waals surface area contributed by atoms with Crippen LogP contribution in [-0.4, -0.2) is 45.0 Å². The highest BCUT2D eigenvalue weighted by Gasteiger charge is 2.47. The molecule has 38 heavy (non-hydrogen) atoms. The first-order chi connectivity index (χ1) is 17.9. The van der Waals surface area contributed by atoms with E-state index in [-0.39, 0.29) is 5.69 Å². The highest BCUT2D eigenvalue weighted by Crippen LogP contribution is 2.37. The van der Waals surface area contributed by atoms with Crippen LogP contribution in [0.2, 0.25) is 0 Å². The van der Waals surface area contributed by atoms with Gasteiger partial charge in [0.2, 0.25) is 0 Å². The topological polar surface area (TPSA) is 82.5 Å². The minimum absolute atomic E-state index is 0.258. The van der Waals surface area contributed by atoms with Crippen molar-refractivity contribution in [2.75, 3.05) is 19.6 Å². The van der Waals surface area contributed by atoms with E-state index in [4.69, 9.17) is 0 Å². The molecular formula is C27H25F4N5O2. The van der Waals surface area contributed by atoms with E-state index < -0.39 is 45.8 Å². The number of nitrogens with one attached hydrogen (secondary N) is 2. The summed E-state index contributed by atoms with van der Waals surface area (Å²) in [5, 5.41) is 6.65. The van der Waals surface area contributed by atoms with Gasteiger partial charge in [-0.2, -0.15) is 18.3 Å². The Hall–Kier alpha value is -3.99. The van der Waals surface area contributed by atoms with Crippen molar-refractivity contribution in [3.63, 3.8) is 0 Å². The van der Waals surface area contributed by atoms with Gasteiger partial charge in [0.15, 0.2) is 5.69 Å². The Morgan fingerprint density at radius 1 is 1.11 bits per heavy atom. The molecule has 0 radical (unpaired) electrons. The number of aromatic amines is 1. The monoisotopic (exact) mass is 527 g/mol. The zero-order chi connectivity index (χ0) is 27.4. The average molecular weight is 528 g/mol. The van der Waals surface area contributed by atoms with Gasteiger partial charge in [0.05, 0.1) is 17.4 Å². The van der Waals surface area contributed by atoms with Gasteiger partial charge in [0.1, 0.15) is 16.9 Å². The van der Waals surface area contributed by atoms with Crippen LogP contribution in [0.5, 0.6) is 0 Å². The minimum Gasteiger partial charge on any atom is -0.338 e. The fraction of sp³-hybridized carbons (Fsp3) is 0.296. The second kappa shape index (κ2) is 9.09. The summed E-state index contributed by atoms with van der Waals surface area (Å²) in [6.07, 6.45) is -3.76. The lowest BCUT2D eigenvalue weighted by molar-refractivity contribution is -0.136. The zero-order valence-corrected chi connectivity index (χ0v) is 20.9. The highest BCUT2D eigenvalue weighted by atomic mass is 19.4. The number of aryl methyl sites for hydroxylation is 2. The number of amides is 1. The summed E-state index contributed by atoms with van der Waals surface area (Å²) in [6, 6.07) is 10.8. The van der Waals surface area contributed by atoms with Crippen LogP contribution in [0.15, 0.2) is 53.5 Å². The first-order valence-electron chi connectivity index (χ1n) is 12.0. The molecule has 1 aliphatic heterocycles. The second-order valence-electron chi connectivity index (χ2n) is 9.66. The molecular weight excluding hydrogens is 502 g/mol. The third kappa shape index (κ3) is 4.36. The Morgan fingerprint density at radius 3 is 2.39 bits per heavy atom. The number of carbonyl (C=O) groups excluding carboxylic acids is 1. The third-order valence-electron chi connectivity index (χ3n) is 7.13. The summed E-state index contributed by atoms with van der Waals surface area (Å²) in [6.45, 7) is 7.03. The summed E-state index contributed by atoms with van der Waals surface area (Å²) in [5.74, 6) is -1.55. The van der Waals surface area contributed by atoms with Gasteiger partial charge in [-0.1, -0.05) is 31.2 Å². The highest BCUT2D eigenvalue weighted by molar-refractivity contribution is 5.96. The van der Waals surface area contributed by atoms with E-state index >= 15 is 0 Å². The lowest BCUT2D eigenvalue weighted by Gasteiger charge is -2.50. The van der Waals surface area contributed by atoms with Crippen LogP contribution < -0.4 is 10.9 Å². The van der Waals surface area contributed by atoms with Gasteiger partial charge < -0.3 is 10.3 Å². The zero-order valence-electron chi connectivity index (χ0n) is 20.9. The number of fused-ring (bicyclic) bond motifs is 1. The van der Waals surface area contributed by atoms with Crippen molar-refractivity contribution in [2.45, 2.75) is 32.5 Å². The molecule has 1 fully saturated rings. The van der Waals surface area contributed by atoms with E-state index in [9.17, 15) is 27.2 Å². The van der Waals surface area contributed by atoms with Gasteiger partial charge in [-0.25, -0.2) is 8.91 Å². The molecule has 1 amide bonds. The fourth-order valence-electron chi connectivity index (χ4n) is 4.88. The van der Waals surface area contributed by atoms with Gasteiger partial charge >= 0.3 is 6.18 Å². The van der Waals surface area contributed by atoms with E-state index in [2.05, 4.69) is 15.4 Å². The molecule has 7 nitrogen and oxygen atoms in total. The van der Waals surface area contributed by atoms with Crippen LogP contribution in [0.25, 0.3) is 16.8 Å². The maximum Gasteiger partial charge on any atom is 0.421 e. The molecule has 3 heterocycles. The molecule has 5 rings (SSSR count). The van der Waals surface area contributed by atoms with Gasteiger partial charge in [0.25, 0.3) is 11.5 Å². The van der Waals surface area contributed by atoms with Crippen LogP contribution in [0, 0.1) is 19.7 Å². The molecule has 0 aliphatic carbocycles. The Kier molecular flexibility index (Phi) is 6.13. The number of halogens is 4. The number of carbonyl (C=O) groups is 1. The molecule has 2 N–H and O–H groups in total. The Morgan fingerprint density at radius 2 is 1.79 bits per heavy atom. The summed E-state index contributed by atoms with van der Waals surface area (Å²) < 4.78 is 57.1. The van der Waals surface area contributed by atoms with Crippen molar-refractivity contribution in [3.8, 4) is 11.3 Å². The number of benzene rings is 2. The molecule has 2 aromatic carbocycles. The third-order valence-corrected chi connectivity index (χ3v) is 7.13. The van der Waals surface area contributed by atoms with Gasteiger partial charge in [-0.3, -0.25) is 14.5 Å². The second-order valence-corrected chi connectivity index (χ2v) is 9.66. The summed E-state index contributed by atoms with van der Waals surface area (Å²) in [4.78, 5) is 30.8. The Bertz CT molecular complexity index is 1600. The Labute approximate surface area is 215 Å². The molecule has 0 unspecified atom stereocenters. The van der Waals surface area contributed by atoms with Crippen molar-refractivity contribution in [2.24, 2.45) is 0 Å². The summed E-state index contributed by atoms with van der Waals surface area (Å²) in [5.41, 5.74) is -1.78. The fourth-order valence-corrected chi connectivity index (χ4v) is 4.88. The van der Waals surface area contributed by atoms with E-state index in [0.717, 1.165) is 15.6 Å². The number of aromatic nitrogens is 3. The van der Waals surface area contributed by atoms with Crippen LogP contribution in [0.4, 0.5) is 17.6 Å². The number of H-pyrrole nitrogens is 1. The molecule has 0 atom stereocenters. The quantitative estimate of drug-likeness (QED) is 0.377. The predicted molar refractivity (Wildman–Crippen MR) is 133 cm³/mol. The predicted octanol–water partition coefficient (Wildman–Crippen LogP) is 4.43. The van der Waals surface area contributed by atoms with Gasteiger partial charge in [-0.05, 0) is 60.8 Å². The van der Waals surface area contributed by atoms with Crippen molar-refractivity contribution in [1.29, 1.82) is 0 Å². The normalized spacial score (nSPS) is 15.4.